The highest BCUT2D eigenvalue weighted by Gasteiger charge is 2.09. The van der Waals surface area contributed by atoms with E-state index in [0.29, 0.717) is 30.2 Å². The molecule has 0 atom stereocenters. The Bertz CT molecular complexity index is 638. The Labute approximate surface area is 124 Å². The third-order valence-electron chi connectivity index (χ3n) is 3.27. The molecule has 0 aliphatic carbocycles. The SMILES string of the molecule is CCOc1ccc(C(=O)NCc2ccccc2C)cc1N. The number of anilines is 1. The Balaban J connectivity index is 2.04. The van der Waals surface area contributed by atoms with Crippen LogP contribution < -0.4 is 15.8 Å². The number of benzene rings is 2. The van der Waals surface area contributed by atoms with Gasteiger partial charge in [-0.25, -0.2) is 0 Å². The molecule has 0 unspecified atom stereocenters. The van der Waals surface area contributed by atoms with E-state index in [1.165, 1.54) is 0 Å². The zero-order chi connectivity index (χ0) is 15.2. The van der Waals surface area contributed by atoms with E-state index in [-0.39, 0.29) is 5.91 Å². The van der Waals surface area contributed by atoms with Gasteiger partial charge >= 0.3 is 0 Å². The summed E-state index contributed by atoms with van der Waals surface area (Å²) in [5.74, 6) is 0.459. The number of amides is 1. The number of nitrogens with two attached hydrogens (primary N) is 1. The summed E-state index contributed by atoms with van der Waals surface area (Å²) in [6.45, 7) is 4.96. The lowest BCUT2D eigenvalue weighted by Gasteiger charge is -2.10. The van der Waals surface area contributed by atoms with Gasteiger partial charge in [0.25, 0.3) is 5.91 Å². The van der Waals surface area contributed by atoms with Gasteiger partial charge in [-0.05, 0) is 43.2 Å². The standard InChI is InChI=1S/C17H20N2O2/c1-3-21-16-9-8-13(10-15(16)18)17(20)19-11-14-7-5-4-6-12(14)2/h4-10H,3,11,18H2,1-2H3,(H,19,20). The smallest absolute Gasteiger partial charge is 0.251 e. The highest BCUT2D eigenvalue weighted by Crippen LogP contribution is 2.22. The number of ether oxygens (including phenoxy) is 1. The molecule has 4 heteroatoms. The third kappa shape index (κ3) is 3.75. The molecule has 0 heterocycles. The molecule has 0 spiro atoms. The van der Waals surface area contributed by atoms with Crippen molar-refractivity contribution >= 4 is 11.6 Å². The molecule has 3 N–H and O–H groups in total. The molecule has 0 fully saturated rings. The highest BCUT2D eigenvalue weighted by atomic mass is 16.5. The van der Waals surface area contributed by atoms with Crippen LogP contribution in [0.25, 0.3) is 0 Å². The van der Waals surface area contributed by atoms with Gasteiger partial charge in [-0.15, -0.1) is 0 Å². The molecule has 0 bridgehead atoms. The van der Waals surface area contributed by atoms with Crippen LogP contribution in [0.5, 0.6) is 5.75 Å². The van der Waals surface area contributed by atoms with Crippen LogP contribution in [0, 0.1) is 6.92 Å². The van der Waals surface area contributed by atoms with Crippen molar-refractivity contribution in [3.63, 3.8) is 0 Å². The molecule has 4 nitrogen and oxygen atoms in total. The molecular formula is C17H20N2O2. The predicted octanol–water partition coefficient (Wildman–Crippen LogP) is 2.91. The summed E-state index contributed by atoms with van der Waals surface area (Å²) >= 11 is 0. The van der Waals surface area contributed by atoms with Crippen molar-refractivity contribution in [1.82, 2.24) is 5.32 Å². The Kier molecular flexibility index (Phi) is 4.82. The molecule has 0 aliphatic rings. The minimum atomic E-state index is -0.145. The lowest BCUT2D eigenvalue weighted by atomic mass is 10.1. The molecule has 1 amide bonds. The average molecular weight is 284 g/mol. The monoisotopic (exact) mass is 284 g/mol. The van der Waals surface area contributed by atoms with Gasteiger partial charge in [0.05, 0.1) is 12.3 Å². The Morgan fingerprint density at radius 1 is 1.24 bits per heavy atom. The predicted molar refractivity (Wildman–Crippen MR) is 84.4 cm³/mol. The maximum absolute atomic E-state index is 12.1. The van der Waals surface area contributed by atoms with Gasteiger partial charge in [-0.2, -0.15) is 0 Å². The van der Waals surface area contributed by atoms with Gasteiger partial charge in [-0.3, -0.25) is 4.79 Å². The first-order valence-electron chi connectivity index (χ1n) is 6.97. The lowest BCUT2D eigenvalue weighted by Crippen LogP contribution is -2.23. The van der Waals surface area contributed by atoms with Crippen LogP contribution in [0.4, 0.5) is 5.69 Å². The molecule has 0 radical (unpaired) electrons. The van der Waals surface area contributed by atoms with E-state index in [1.54, 1.807) is 18.2 Å². The van der Waals surface area contributed by atoms with Gasteiger partial charge in [0.15, 0.2) is 0 Å². The third-order valence-corrected chi connectivity index (χ3v) is 3.27. The number of hydrogen-bond donors (Lipinski definition) is 2. The highest BCUT2D eigenvalue weighted by molar-refractivity contribution is 5.95. The van der Waals surface area contributed by atoms with E-state index in [9.17, 15) is 4.79 Å². The molecule has 0 saturated heterocycles. The number of nitrogen functional groups attached to an aromatic ring is 1. The van der Waals surface area contributed by atoms with Gasteiger partial charge in [0, 0.05) is 12.1 Å². The fourth-order valence-corrected chi connectivity index (χ4v) is 2.06. The molecule has 110 valence electrons. The summed E-state index contributed by atoms with van der Waals surface area (Å²) in [6, 6.07) is 13.0. The summed E-state index contributed by atoms with van der Waals surface area (Å²) in [6.07, 6.45) is 0. The van der Waals surface area contributed by atoms with E-state index in [1.807, 2.05) is 38.1 Å². The second-order valence-electron chi connectivity index (χ2n) is 4.79. The first-order chi connectivity index (χ1) is 10.1. The van der Waals surface area contributed by atoms with Crippen LogP contribution in [-0.4, -0.2) is 12.5 Å². The normalized spacial score (nSPS) is 10.2. The Hall–Kier alpha value is -2.49. The quantitative estimate of drug-likeness (QED) is 0.830. The van der Waals surface area contributed by atoms with Crippen molar-refractivity contribution in [2.45, 2.75) is 20.4 Å². The number of nitrogens with one attached hydrogen (secondary N) is 1. The van der Waals surface area contributed by atoms with Gasteiger partial charge in [0.2, 0.25) is 0 Å². The van der Waals surface area contributed by atoms with Crippen molar-refractivity contribution in [3.05, 3.63) is 59.2 Å². The van der Waals surface area contributed by atoms with Gasteiger partial charge in [-0.1, -0.05) is 24.3 Å². The second kappa shape index (κ2) is 6.79. The zero-order valence-corrected chi connectivity index (χ0v) is 12.3. The largest absolute Gasteiger partial charge is 0.492 e. The summed E-state index contributed by atoms with van der Waals surface area (Å²) in [5, 5.41) is 2.90. The zero-order valence-electron chi connectivity index (χ0n) is 12.3. The first kappa shape index (κ1) is 14.9. The molecule has 21 heavy (non-hydrogen) atoms. The van der Waals surface area contributed by atoms with E-state index in [0.717, 1.165) is 11.1 Å². The van der Waals surface area contributed by atoms with Crippen molar-refractivity contribution in [1.29, 1.82) is 0 Å². The molecule has 2 aromatic rings. The maximum atomic E-state index is 12.1. The minimum absolute atomic E-state index is 0.145. The van der Waals surface area contributed by atoms with Crippen LogP contribution in [0.1, 0.15) is 28.4 Å². The minimum Gasteiger partial charge on any atom is -0.492 e. The number of hydrogen-bond acceptors (Lipinski definition) is 3. The van der Waals surface area contributed by atoms with Crippen LogP contribution in [0.2, 0.25) is 0 Å². The number of carbonyl (C=O) groups excluding carboxylic acids is 1. The summed E-state index contributed by atoms with van der Waals surface area (Å²) in [7, 11) is 0. The fraction of sp³-hybridized carbons (Fsp3) is 0.235. The lowest BCUT2D eigenvalue weighted by molar-refractivity contribution is 0.0951. The Morgan fingerprint density at radius 2 is 2.00 bits per heavy atom. The van der Waals surface area contributed by atoms with Crippen LogP contribution in [0.15, 0.2) is 42.5 Å². The fourth-order valence-electron chi connectivity index (χ4n) is 2.06. The van der Waals surface area contributed by atoms with Crippen molar-refractivity contribution in [2.75, 3.05) is 12.3 Å². The van der Waals surface area contributed by atoms with Crippen molar-refractivity contribution in [2.24, 2.45) is 0 Å². The van der Waals surface area contributed by atoms with Gasteiger partial charge in [0.1, 0.15) is 5.75 Å². The van der Waals surface area contributed by atoms with Crippen LogP contribution in [-0.2, 0) is 6.54 Å². The molecule has 2 aromatic carbocycles. The van der Waals surface area contributed by atoms with Crippen molar-refractivity contribution in [3.8, 4) is 5.75 Å². The number of aryl methyl sites for hydroxylation is 1. The molecule has 0 saturated carbocycles. The van der Waals surface area contributed by atoms with Crippen LogP contribution >= 0.6 is 0 Å². The maximum Gasteiger partial charge on any atom is 0.251 e. The molecule has 2 rings (SSSR count). The molecular weight excluding hydrogens is 264 g/mol. The van der Waals surface area contributed by atoms with Crippen LogP contribution in [0.3, 0.4) is 0 Å². The number of carbonyl (C=O) groups is 1. The van der Waals surface area contributed by atoms with E-state index in [4.69, 9.17) is 10.5 Å². The summed E-state index contributed by atoms with van der Waals surface area (Å²) in [5.41, 5.74) is 9.13. The first-order valence-corrected chi connectivity index (χ1v) is 6.97. The molecule has 0 aliphatic heterocycles. The topological polar surface area (TPSA) is 64.3 Å². The van der Waals surface area contributed by atoms with E-state index < -0.39 is 0 Å². The Morgan fingerprint density at radius 3 is 2.67 bits per heavy atom. The number of rotatable bonds is 5. The average Bonchev–Trinajstić information content (AvgIpc) is 2.48. The summed E-state index contributed by atoms with van der Waals surface area (Å²) < 4.78 is 5.36. The summed E-state index contributed by atoms with van der Waals surface area (Å²) in [4.78, 5) is 12.1. The van der Waals surface area contributed by atoms with E-state index >= 15 is 0 Å². The second-order valence-corrected chi connectivity index (χ2v) is 4.79. The van der Waals surface area contributed by atoms with Gasteiger partial charge < -0.3 is 15.8 Å². The van der Waals surface area contributed by atoms with E-state index in [2.05, 4.69) is 5.32 Å². The molecule has 0 aromatic heterocycles. The van der Waals surface area contributed by atoms with Crippen molar-refractivity contribution < 1.29 is 9.53 Å².